The van der Waals surface area contributed by atoms with Crippen LogP contribution in [0.4, 0.5) is 19.0 Å². The summed E-state index contributed by atoms with van der Waals surface area (Å²) in [4.78, 5) is 7.06. The zero-order valence-electron chi connectivity index (χ0n) is 12.3. The predicted octanol–water partition coefficient (Wildman–Crippen LogP) is 3.60. The molecule has 0 bridgehead atoms. The summed E-state index contributed by atoms with van der Waals surface area (Å²) in [5.74, 6) is -0.250. The van der Waals surface area contributed by atoms with Crippen molar-refractivity contribution in [2.24, 2.45) is 0 Å². The number of nitrogens with one attached hydrogen (secondary N) is 1. The minimum atomic E-state index is -4.64. The number of nitrogens with zero attached hydrogens (tertiary/aromatic N) is 4. The topological polar surface area (TPSA) is 75.3 Å². The molecule has 0 radical (unpaired) electrons. The maximum Gasteiger partial charge on any atom is 0.433 e. The largest absolute Gasteiger partial charge is 0.433 e. The quantitative estimate of drug-likeness (QED) is 0.710. The summed E-state index contributed by atoms with van der Waals surface area (Å²) in [6.45, 7) is -0.153. The van der Waals surface area contributed by atoms with Gasteiger partial charge in [-0.1, -0.05) is 29.3 Å². The number of aromatic nitrogens is 4. The van der Waals surface area contributed by atoms with Gasteiger partial charge in [-0.15, -0.1) is 0 Å². The van der Waals surface area contributed by atoms with Gasteiger partial charge in [0.15, 0.2) is 5.69 Å². The number of aliphatic hydroxyl groups excluding tert-OH is 1. The van der Waals surface area contributed by atoms with Crippen molar-refractivity contribution in [3.8, 4) is 0 Å². The van der Waals surface area contributed by atoms with E-state index in [2.05, 4.69) is 20.4 Å². The van der Waals surface area contributed by atoms with Crippen molar-refractivity contribution in [1.82, 2.24) is 19.6 Å². The molecule has 0 aliphatic carbocycles. The van der Waals surface area contributed by atoms with Gasteiger partial charge in [-0.2, -0.15) is 27.8 Å². The highest BCUT2D eigenvalue weighted by atomic mass is 35.5. The van der Waals surface area contributed by atoms with Gasteiger partial charge in [0.25, 0.3) is 5.78 Å². The van der Waals surface area contributed by atoms with Crippen LogP contribution in [0, 0.1) is 0 Å². The van der Waals surface area contributed by atoms with Crippen molar-refractivity contribution < 1.29 is 18.3 Å². The van der Waals surface area contributed by atoms with Gasteiger partial charge in [0.05, 0.1) is 6.10 Å². The number of halogens is 5. The molecule has 0 saturated heterocycles. The van der Waals surface area contributed by atoms with Crippen molar-refractivity contribution in [3.05, 3.63) is 51.9 Å². The highest BCUT2D eigenvalue weighted by Crippen LogP contribution is 2.32. The first-order chi connectivity index (χ1) is 11.8. The molecule has 0 fully saturated rings. The second-order valence-corrected chi connectivity index (χ2v) is 5.84. The second kappa shape index (κ2) is 6.66. The maximum absolute atomic E-state index is 12.9. The molecule has 25 heavy (non-hydrogen) atoms. The average Bonchev–Trinajstić information content (AvgIpc) is 3.00. The van der Waals surface area contributed by atoms with E-state index in [1.54, 1.807) is 18.2 Å². The lowest BCUT2D eigenvalue weighted by molar-refractivity contribution is -0.141. The van der Waals surface area contributed by atoms with E-state index in [1.165, 1.54) is 0 Å². The molecular weight excluding hydrogens is 382 g/mol. The average molecular weight is 392 g/mol. The Kier molecular flexibility index (Phi) is 4.72. The highest BCUT2D eigenvalue weighted by molar-refractivity contribution is 6.36. The second-order valence-electron chi connectivity index (χ2n) is 5.03. The number of fused-ring (bicyclic) bond motifs is 1. The van der Waals surface area contributed by atoms with Gasteiger partial charge in [-0.3, -0.25) is 0 Å². The van der Waals surface area contributed by atoms with Gasteiger partial charge in [0.1, 0.15) is 12.1 Å². The Labute approximate surface area is 149 Å². The molecule has 1 atom stereocenters. The molecule has 1 aromatic carbocycles. The summed E-state index contributed by atoms with van der Waals surface area (Å²) in [6.07, 6.45) is -4.72. The molecule has 2 heterocycles. The summed E-state index contributed by atoms with van der Waals surface area (Å²) in [5.41, 5.74) is -0.848. The SMILES string of the molecule is OC(CNc1cc(C(F)(F)F)nc2ncnn12)c1c(Cl)cccc1Cl. The van der Waals surface area contributed by atoms with Gasteiger partial charge in [-0.05, 0) is 12.1 Å². The number of hydrogen-bond donors (Lipinski definition) is 2. The van der Waals surface area contributed by atoms with Crippen LogP contribution in [-0.4, -0.2) is 31.2 Å². The van der Waals surface area contributed by atoms with E-state index in [0.29, 0.717) is 0 Å². The third kappa shape index (κ3) is 3.63. The molecule has 0 spiro atoms. The number of rotatable bonds is 4. The Bertz CT molecular complexity index is 895. The van der Waals surface area contributed by atoms with Gasteiger partial charge in [0.2, 0.25) is 0 Å². The van der Waals surface area contributed by atoms with Crippen LogP contribution in [0.1, 0.15) is 17.4 Å². The smallest absolute Gasteiger partial charge is 0.386 e. The first-order valence-corrected chi connectivity index (χ1v) is 7.67. The van der Waals surface area contributed by atoms with Crippen LogP contribution in [0.15, 0.2) is 30.6 Å². The summed E-state index contributed by atoms with van der Waals surface area (Å²) < 4.78 is 39.9. The minimum absolute atomic E-state index is 0.0305. The molecule has 6 nitrogen and oxygen atoms in total. The van der Waals surface area contributed by atoms with Gasteiger partial charge in [-0.25, -0.2) is 4.98 Å². The van der Waals surface area contributed by atoms with Crippen LogP contribution >= 0.6 is 23.2 Å². The van der Waals surface area contributed by atoms with Crippen molar-refractivity contribution in [2.45, 2.75) is 12.3 Å². The molecule has 1 unspecified atom stereocenters. The molecule has 132 valence electrons. The van der Waals surface area contributed by atoms with E-state index < -0.39 is 18.0 Å². The molecule has 2 N–H and O–H groups in total. The molecule has 0 aliphatic heterocycles. The molecule has 3 rings (SSSR count). The number of anilines is 1. The molecule has 3 aromatic rings. The van der Waals surface area contributed by atoms with Crippen molar-refractivity contribution >= 4 is 34.8 Å². The molecular formula is C14H10Cl2F3N5O. The summed E-state index contributed by atoms with van der Waals surface area (Å²) >= 11 is 12.0. The predicted molar refractivity (Wildman–Crippen MR) is 85.7 cm³/mol. The van der Waals surface area contributed by atoms with E-state index in [1.807, 2.05) is 0 Å². The third-order valence-electron chi connectivity index (χ3n) is 3.35. The normalized spacial score (nSPS) is 13.2. The van der Waals surface area contributed by atoms with Crippen LogP contribution in [0.25, 0.3) is 5.78 Å². The Morgan fingerprint density at radius 2 is 1.92 bits per heavy atom. The summed E-state index contributed by atoms with van der Waals surface area (Å²) in [6, 6.07) is 5.50. The highest BCUT2D eigenvalue weighted by Gasteiger charge is 2.34. The third-order valence-corrected chi connectivity index (χ3v) is 4.01. The fraction of sp³-hybridized carbons (Fsp3) is 0.214. The molecule has 0 amide bonds. The van der Waals surface area contributed by atoms with Gasteiger partial charge < -0.3 is 10.4 Å². The van der Waals surface area contributed by atoms with E-state index in [4.69, 9.17) is 23.2 Å². The van der Waals surface area contributed by atoms with E-state index in [0.717, 1.165) is 16.9 Å². The maximum atomic E-state index is 12.9. The van der Waals surface area contributed by atoms with Gasteiger partial charge in [0, 0.05) is 28.2 Å². The zero-order valence-corrected chi connectivity index (χ0v) is 13.8. The fourth-order valence-electron chi connectivity index (χ4n) is 2.22. The van der Waals surface area contributed by atoms with Crippen LogP contribution in [0.3, 0.4) is 0 Å². The van der Waals surface area contributed by atoms with E-state index >= 15 is 0 Å². The fourth-order valence-corrected chi connectivity index (χ4v) is 2.87. The first-order valence-electron chi connectivity index (χ1n) is 6.91. The van der Waals surface area contributed by atoms with Crippen LogP contribution in [0.2, 0.25) is 10.0 Å². The van der Waals surface area contributed by atoms with E-state index in [9.17, 15) is 18.3 Å². The summed E-state index contributed by atoms with van der Waals surface area (Å²) in [7, 11) is 0. The lowest BCUT2D eigenvalue weighted by Crippen LogP contribution is -2.17. The zero-order chi connectivity index (χ0) is 18.2. The Hall–Kier alpha value is -2.10. The van der Waals surface area contributed by atoms with Crippen LogP contribution in [0.5, 0.6) is 0 Å². The molecule has 0 aliphatic rings. The van der Waals surface area contributed by atoms with Crippen molar-refractivity contribution in [2.75, 3.05) is 11.9 Å². The van der Waals surface area contributed by atoms with Crippen molar-refractivity contribution in [1.29, 1.82) is 0 Å². The van der Waals surface area contributed by atoms with Gasteiger partial charge >= 0.3 is 6.18 Å². The first kappa shape index (κ1) is 17.7. The van der Waals surface area contributed by atoms with Crippen LogP contribution < -0.4 is 5.32 Å². The lowest BCUT2D eigenvalue weighted by Gasteiger charge is -2.17. The molecule has 11 heteroatoms. The Morgan fingerprint density at radius 1 is 1.24 bits per heavy atom. The number of aliphatic hydroxyl groups is 1. The molecule has 0 saturated carbocycles. The lowest BCUT2D eigenvalue weighted by atomic mass is 10.1. The number of benzene rings is 1. The van der Waals surface area contributed by atoms with E-state index in [-0.39, 0.29) is 33.7 Å². The minimum Gasteiger partial charge on any atom is -0.386 e. The van der Waals surface area contributed by atoms with Crippen LogP contribution in [-0.2, 0) is 6.18 Å². The molecule has 2 aromatic heterocycles. The Morgan fingerprint density at radius 3 is 2.56 bits per heavy atom. The standard InChI is InChI=1S/C14H10Cl2F3N5O/c15-7-2-1-3-8(16)12(7)9(25)5-20-11-4-10(14(17,18)19)23-13-21-6-22-24(11)13/h1-4,6,9,20,25H,5H2. The van der Waals surface area contributed by atoms with Crippen molar-refractivity contribution in [3.63, 3.8) is 0 Å². The Balaban J connectivity index is 1.89. The number of hydrogen-bond acceptors (Lipinski definition) is 5. The monoisotopic (exact) mass is 391 g/mol. The summed E-state index contributed by atoms with van der Waals surface area (Å²) in [5, 5.41) is 17.3. The number of alkyl halides is 3.